The minimum atomic E-state index is -3.86. The van der Waals surface area contributed by atoms with Gasteiger partial charge in [0.2, 0.25) is 4.77 Å². The number of amides is 1. The van der Waals surface area contributed by atoms with E-state index in [2.05, 4.69) is 25.7 Å². The molecule has 3 rings (SSSR count). The summed E-state index contributed by atoms with van der Waals surface area (Å²) in [5.74, 6) is 0. The number of nitrogens with one attached hydrogen (secondary N) is 4. The lowest BCUT2D eigenvalue weighted by Gasteiger charge is -2.11. The van der Waals surface area contributed by atoms with Crippen LogP contribution in [0.2, 0.25) is 0 Å². The molecule has 1 aromatic heterocycles. The number of rotatable bonds is 6. The highest BCUT2D eigenvalue weighted by Gasteiger charge is 2.15. The average molecular weight is 407 g/mol. The molecule has 140 valence electrons. The van der Waals surface area contributed by atoms with Crippen LogP contribution in [0.5, 0.6) is 0 Å². The molecule has 2 aromatic carbocycles. The van der Waals surface area contributed by atoms with Gasteiger partial charge in [0.25, 0.3) is 10.0 Å². The zero-order valence-electron chi connectivity index (χ0n) is 13.4. The molecule has 0 saturated carbocycles. The fraction of sp³-hybridized carbons (Fsp3) is 0. The van der Waals surface area contributed by atoms with Gasteiger partial charge in [-0.3, -0.25) is 10.1 Å². The molecule has 11 nitrogen and oxygen atoms in total. The maximum absolute atomic E-state index is 12.6. The zero-order chi connectivity index (χ0) is 19.4. The first-order valence-electron chi connectivity index (χ1n) is 7.33. The van der Waals surface area contributed by atoms with Gasteiger partial charge in [0, 0.05) is 5.69 Å². The van der Waals surface area contributed by atoms with Crippen LogP contribution < -0.4 is 15.6 Å². The van der Waals surface area contributed by atoms with Gasteiger partial charge in [0.05, 0.1) is 16.3 Å². The second kappa shape index (κ2) is 7.43. The van der Waals surface area contributed by atoms with E-state index in [0.717, 1.165) is 0 Å². The number of carbonyl (C=O) groups is 1. The summed E-state index contributed by atoms with van der Waals surface area (Å²) in [6.07, 6.45) is -1.24. The smallest absolute Gasteiger partial charge is 0.423 e. The van der Waals surface area contributed by atoms with Gasteiger partial charge >= 0.3 is 6.09 Å². The van der Waals surface area contributed by atoms with Crippen molar-refractivity contribution in [2.45, 2.75) is 4.90 Å². The Kier molecular flexibility index (Phi) is 5.05. The molecule has 1 heterocycles. The Morgan fingerprint density at radius 1 is 1.15 bits per heavy atom. The highest BCUT2D eigenvalue weighted by atomic mass is 32.2. The van der Waals surface area contributed by atoms with Gasteiger partial charge in [-0.15, -0.1) is 0 Å². The monoisotopic (exact) mass is 407 g/mol. The summed E-state index contributed by atoms with van der Waals surface area (Å²) in [6.45, 7) is 0. The number of carboxylic acid groups (broad SMARTS) is 1. The summed E-state index contributed by atoms with van der Waals surface area (Å²) in [5, 5.41) is 18.3. The van der Waals surface area contributed by atoms with Gasteiger partial charge in [-0.25, -0.2) is 23.3 Å². The topological polar surface area (TPSA) is 154 Å². The number of nitrogens with zero attached hydrogens (tertiary/aromatic N) is 3. The van der Waals surface area contributed by atoms with E-state index >= 15 is 0 Å². The third-order valence-corrected chi connectivity index (χ3v) is 4.95. The van der Waals surface area contributed by atoms with Crippen molar-refractivity contribution in [1.29, 1.82) is 0 Å². The number of hydrogen-bond acceptors (Lipinski definition) is 7. The van der Waals surface area contributed by atoms with Gasteiger partial charge in [-0.2, -0.15) is 5.21 Å². The number of hydrazine groups is 1. The predicted octanol–water partition coefficient (Wildman–Crippen LogP) is 1.72. The van der Waals surface area contributed by atoms with Crippen LogP contribution in [0.1, 0.15) is 0 Å². The molecule has 5 N–H and O–H groups in total. The van der Waals surface area contributed by atoms with Crippen molar-refractivity contribution in [3.05, 3.63) is 53.3 Å². The molecule has 3 aromatic rings. The lowest BCUT2D eigenvalue weighted by Crippen LogP contribution is -2.27. The molecule has 0 aliphatic heterocycles. The standard InChI is InChI=1S/C14H13N7O4S2/c22-14(23)17-15-9-4-6-10(7-5-9)18-27(24,25)12-3-1-2-11(8-12)21-13(26)16-19-20-21/h1-8,15,17-18H,(H,22,23)(H,16,20,26). The molecule has 0 aliphatic rings. The van der Waals surface area contributed by atoms with Crippen molar-refractivity contribution in [3.63, 3.8) is 0 Å². The van der Waals surface area contributed by atoms with Crippen LogP contribution in [-0.4, -0.2) is 39.8 Å². The number of sulfonamides is 1. The van der Waals surface area contributed by atoms with Crippen molar-refractivity contribution in [2.24, 2.45) is 0 Å². The molecular formula is C14H13N7O4S2. The molecule has 0 bridgehead atoms. The Labute approximate surface area is 158 Å². The molecule has 0 saturated heterocycles. The van der Waals surface area contributed by atoms with E-state index in [9.17, 15) is 13.2 Å². The third-order valence-electron chi connectivity index (χ3n) is 3.31. The summed E-state index contributed by atoms with van der Waals surface area (Å²) in [7, 11) is -3.86. The first-order valence-corrected chi connectivity index (χ1v) is 9.23. The number of aromatic nitrogens is 4. The van der Waals surface area contributed by atoms with Crippen LogP contribution in [-0.2, 0) is 10.0 Å². The van der Waals surface area contributed by atoms with Gasteiger partial charge in [0.15, 0.2) is 0 Å². The largest absolute Gasteiger partial charge is 0.464 e. The van der Waals surface area contributed by atoms with E-state index in [1.807, 2.05) is 5.43 Å². The number of anilines is 2. The van der Waals surface area contributed by atoms with Crippen molar-refractivity contribution in [2.75, 3.05) is 10.1 Å². The van der Waals surface area contributed by atoms with Gasteiger partial charge in [-0.1, -0.05) is 16.4 Å². The summed E-state index contributed by atoms with van der Waals surface area (Å²) in [5.41, 5.74) is 5.64. The molecular weight excluding hydrogens is 394 g/mol. The first-order chi connectivity index (χ1) is 12.8. The van der Waals surface area contributed by atoms with Crippen molar-refractivity contribution < 1.29 is 18.3 Å². The zero-order valence-corrected chi connectivity index (χ0v) is 15.1. The molecule has 0 spiro atoms. The van der Waals surface area contributed by atoms with Crippen molar-refractivity contribution >= 4 is 39.7 Å². The van der Waals surface area contributed by atoms with E-state index in [4.69, 9.17) is 17.3 Å². The van der Waals surface area contributed by atoms with Gasteiger partial charge in [0.1, 0.15) is 0 Å². The van der Waals surface area contributed by atoms with Crippen molar-refractivity contribution in [3.8, 4) is 5.69 Å². The minimum absolute atomic E-state index is 0.0197. The van der Waals surface area contributed by atoms with Gasteiger partial charge < -0.3 is 5.11 Å². The Morgan fingerprint density at radius 3 is 2.48 bits per heavy atom. The van der Waals surface area contributed by atoms with Crippen LogP contribution in [0.4, 0.5) is 16.2 Å². The number of aromatic amines is 1. The molecule has 0 fully saturated rings. The van der Waals surface area contributed by atoms with Crippen LogP contribution in [0.3, 0.4) is 0 Å². The maximum atomic E-state index is 12.6. The highest BCUT2D eigenvalue weighted by molar-refractivity contribution is 7.92. The SMILES string of the molecule is O=C(O)NNc1ccc(NS(=O)(=O)c2cccc(-n3[nH]nnc3=S)c2)cc1. The quantitative estimate of drug-likeness (QED) is 0.306. The summed E-state index contributed by atoms with van der Waals surface area (Å²) in [6, 6.07) is 12.1. The Bertz CT molecular complexity index is 1120. The molecule has 1 amide bonds. The van der Waals surface area contributed by atoms with E-state index in [-0.39, 0.29) is 9.67 Å². The summed E-state index contributed by atoms with van der Waals surface area (Å²) in [4.78, 5) is 10.5. The van der Waals surface area contributed by atoms with Gasteiger partial charge in [-0.05, 0) is 54.7 Å². The summed E-state index contributed by atoms with van der Waals surface area (Å²) >= 11 is 5.00. The Balaban J connectivity index is 1.80. The maximum Gasteiger partial charge on any atom is 0.423 e. The van der Waals surface area contributed by atoms with Crippen LogP contribution in [0, 0.1) is 4.77 Å². The van der Waals surface area contributed by atoms with E-state index in [1.54, 1.807) is 12.1 Å². The molecule has 13 heteroatoms. The third kappa shape index (κ3) is 4.39. The fourth-order valence-electron chi connectivity index (χ4n) is 2.12. The number of H-pyrrole nitrogens is 1. The molecule has 0 radical (unpaired) electrons. The van der Waals surface area contributed by atoms with Crippen LogP contribution in [0.15, 0.2) is 53.4 Å². The number of hydrogen-bond donors (Lipinski definition) is 5. The van der Waals surface area contributed by atoms with E-state index < -0.39 is 16.1 Å². The molecule has 27 heavy (non-hydrogen) atoms. The summed E-state index contributed by atoms with van der Waals surface area (Å²) < 4.78 is 29.2. The minimum Gasteiger partial charge on any atom is -0.464 e. The first kappa shape index (κ1) is 18.3. The van der Waals surface area contributed by atoms with Crippen molar-refractivity contribution in [1.82, 2.24) is 25.6 Å². The number of tetrazole rings is 1. The average Bonchev–Trinajstić information content (AvgIpc) is 3.07. The van der Waals surface area contributed by atoms with E-state index in [0.29, 0.717) is 17.1 Å². The second-order valence-electron chi connectivity index (χ2n) is 5.15. The van der Waals surface area contributed by atoms with Crippen LogP contribution >= 0.6 is 12.2 Å². The fourth-order valence-corrected chi connectivity index (χ4v) is 3.40. The Morgan fingerprint density at radius 2 is 1.85 bits per heavy atom. The molecule has 0 unspecified atom stereocenters. The highest BCUT2D eigenvalue weighted by Crippen LogP contribution is 2.20. The van der Waals surface area contributed by atoms with Crippen LogP contribution in [0.25, 0.3) is 5.69 Å². The normalized spacial score (nSPS) is 11.0. The molecule has 0 aliphatic carbocycles. The lowest BCUT2D eigenvalue weighted by molar-refractivity contribution is 0.197. The second-order valence-corrected chi connectivity index (χ2v) is 7.20. The number of benzene rings is 2. The van der Waals surface area contributed by atoms with E-state index in [1.165, 1.54) is 41.1 Å². The Hall–Kier alpha value is -3.45. The molecule has 0 atom stereocenters. The lowest BCUT2D eigenvalue weighted by atomic mass is 10.3. The predicted molar refractivity (Wildman–Crippen MR) is 98.6 cm³/mol.